The number of rotatable bonds is 3. The van der Waals surface area contributed by atoms with E-state index in [1.807, 2.05) is 0 Å². The summed E-state index contributed by atoms with van der Waals surface area (Å²) in [6.45, 7) is 0.473. The number of methoxy groups -OCH3 is 1. The normalized spacial score (nSPS) is 24.6. The summed E-state index contributed by atoms with van der Waals surface area (Å²) in [4.78, 5) is 0. The van der Waals surface area contributed by atoms with Crippen molar-refractivity contribution in [1.29, 1.82) is 0 Å². The van der Waals surface area contributed by atoms with E-state index in [1.54, 1.807) is 18.2 Å². The fourth-order valence-corrected chi connectivity index (χ4v) is 1.72. The maximum absolute atomic E-state index is 9.61. The second-order valence-electron chi connectivity index (χ2n) is 3.51. The molecule has 1 aromatic rings. The Morgan fingerprint density at radius 1 is 1.56 bits per heavy atom. The highest BCUT2D eigenvalue weighted by atomic mass is 35.5. The highest BCUT2D eigenvalue weighted by Crippen LogP contribution is 2.33. The second kappa shape index (κ2) is 4.91. The summed E-state index contributed by atoms with van der Waals surface area (Å²) in [5.74, 6) is 0.899. The molecule has 1 saturated heterocycles. The predicted octanol–water partition coefficient (Wildman–Crippen LogP) is 2.05. The standard InChI is InChI=1S/C11H13ClO4/c1-14-10-3-2-7(4-9(10)13)11-15-6-8(5-12)16-11/h2-4,8,11,13H,5-6H2,1H3. The van der Waals surface area contributed by atoms with E-state index in [1.165, 1.54) is 7.11 Å². The van der Waals surface area contributed by atoms with Gasteiger partial charge in [-0.1, -0.05) is 6.07 Å². The van der Waals surface area contributed by atoms with Crippen LogP contribution >= 0.6 is 11.6 Å². The van der Waals surface area contributed by atoms with Gasteiger partial charge in [0.15, 0.2) is 17.8 Å². The smallest absolute Gasteiger partial charge is 0.184 e. The Balaban J connectivity index is 2.13. The van der Waals surface area contributed by atoms with Crippen molar-refractivity contribution in [1.82, 2.24) is 0 Å². The van der Waals surface area contributed by atoms with Crippen LogP contribution in [-0.4, -0.2) is 30.8 Å². The van der Waals surface area contributed by atoms with Crippen molar-refractivity contribution in [2.75, 3.05) is 19.6 Å². The maximum atomic E-state index is 9.61. The lowest BCUT2D eigenvalue weighted by Gasteiger charge is -2.12. The molecule has 2 rings (SSSR count). The zero-order chi connectivity index (χ0) is 11.5. The van der Waals surface area contributed by atoms with E-state index in [4.69, 9.17) is 25.8 Å². The SMILES string of the molecule is COc1ccc(C2OCC(CCl)O2)cc1O. The topological polar surface area (TPSA) is 47.9 Å². The van der Waals surface area contributed by atoms with E-state index in [9.17, 15) is 5.11 Å². The summed E-state index contributed by atoms with van der Waals surface area (Å²) < 4.78 is 15.9. The predicted molar refractivity (Wildman–Crippen MR) is 58.9 cm³/mol. The molecule has 0 aliphatic carbocycles. The zero-order valence-electron chi connectivity index (χ0n) is 8.85. The van der Waals surface area contributed by atoms with Crippen LogP contribution in [0.3, 0.4) is 0 Å². The van der Waals surface area contributed by atoms with Gasteiger partial charge in [-0.2, -0.15) is 0 Å². The molecule has 1 fully saturated rings. The fraction of sp³-hybridized carbons (Fsp3) is 0.455. The van der Waals surface area contributed by atoms with Gasteiger partial charge in [0.2, 0.25) is 0 Å². The Morgan fingerprint density at radius 2 is 2.38 bits per heavy atom. The first-order valence-electron chi connectivity index (χ1n) is 4.94. The van der Waals surface area contributed by atoms with E-state index in [0.29, 0.717) is 18.2 Å². The lowest BCUT2D eigenvalue weighted by atomic mass is 10.2. The Hall–Kier alpha value is -0.970. The minimum atomic E-state index is -0.458. The molecule has 16 heavy (non-hydrogen) atoms. The Morgan fingerprint density at radius 3 is 2.94 bits per heavy atom. The van der Waals surface area contributed by atoms with Gasteiger partial charge in [-0.15, -0.1) is 11.6 Å². The molecule has 4 nitrogen and oxygen atoms in total. The summed E-state index contributed by atoms with van der Waals surface area (Å²) in [5, 5.41) is 9.61. The molecule has 1 aliphatic rings. The molecular formula is C11H13ClO4. The minimum Gasteiger partial charge on any atom is -0.504 e. The van der Waals surface area contributed by atoms with Crippen molar-refractivity contribution >= 4 is 11.6 Å². The Labute approximate surface area is 98.7 Å². The molecule has 2 atom stereocenters. The molecular weight excluding hydrogens is 232 g/mol. The Kier molecular flexibility index (Phi) is 3.53. The zero-order valence-corrected chi connectivity index (χ0v) is 9.61. The monoisotopic (exact) mass is 244 g/mol. The summed E-state index contributed by atoms with van der Waals surface area (Å²) in [6, 6.07) is 5.03. The minimum absolute atomic E-state index is 0.0709. The number of benzene rings is 1. The van der Waals surface area contributed by atoms with Crippen LogP contribution in [0, 0.1) is 0 Å². The number of hydrogen-bond acceptors (Lipinski definition) is 4. The van der Waals surface area contributed by atoms with Crippen molar-refractivity contribution in [2.45, 2.75) is 12.4 Å². The van der Waals surface area contributed by atoms with Crippen LogP contribution in [0.4, 0.5) is 0 Å². The molecule has 0 amide bonds. The number of aromatic hydroxyl groups is 1. The third-order valence-electron chi connectivity index (χ3n) is 2.40. The van der Waals surface area contributed by atoms with Gasteiger partial charge in [-0.25, -0.2) is 0 Å². The summed E-state index contributed by atoms with van der Waals surface area (Å²) in [6.07, 6.45) is -0.545. The van der Waals surface area contributed by atoms with Gasteiger partial charge >= 0.3 is 0 Å². The van der Waals surface area contributed by atoms with E-state index in [2.05, 4.69) is 0 Å². The van der Waals surface area contributed by atoms with Crippen molar-refractivity contribution in [3.8, 4) is 11.5 Å². The summed E-state index contributed by atoms with van der Waals surface area (Å²) in [7, 11) is 1.50. The summed E-state index contributed by atoms with van der Waals surface area (Å²) >= 11 is 5.67. The second-order valence-corrected chi connectivity index (χ2v) is 3.82. The molecule has 1 N–H and O–H groups in total. The van der Waals surface area contributed by atoms with Crippen molar-refractivity contribution < 1.29 is 19.3 Å². The first-order valence-corrected chi connectivity index (χ1v) is 5.48. The van der Waals surface area contributed by atoms with Gasteiger partial charge in [-0.3, -0.25) is 0 Å². The molecule has 0 bridgehead atoms. The van der Waals surface area contributed by atoms with Crippen LogP contribution in [0.5, 0.6) is 11.5 Å². The average molecular weight is 245 g/mol. The van der Waals surface area contributed by atoms with Crippen molar-refractivity contribution in [3.63, 3.8) is 0 Å². The first-order chi connectivity index (χ1) is 7.74. The quantitative estimate of drug-likeness (QED) is 0.827. The van der Waals surface area contributed by atoms with Gasteiger partial charge in [0.1, 0.15) is 0 Å². The van der Waals surface area contributed by atoms with Gasteiger partial charge < -0.3 is 19.3 Å². The van der Waals surface area contributed by atoms with Crippen LogP contribution in [0.2, 0.25) is 0 Å². The highest BCUT2D eigenvalue weighted by molar-refractivity contribution is 6.18. The fourth-order valence-electron chi connectivity index (χ4n) is 1.56. The van der Waals surface area contributed by atoms with Crippen molar-refractivity contribution in [3.05, 3.63) is 23.8 Å². The lowest BCUT2D eigenvalue weighted by molar-refractivity contribution is -0.0568. The highest BCUT2D eigenvalue weighted by Gasteiger charge is 2.27. The van der Waals surface area contributed by atoms with Gasteiger partial charge in [0.05, 0.1) is 25.7 Å². The summed E-state index contributed by atoms with van der Waals surface area (Å²) in [5.41, 5.74) is 0.755. The van der Waals surface area contributed by atoms with Crippen LogP contribution in [0.1, 0.15) is 11.9 Å². The van der Waals surface area contributed by atoms with Crippen LogP contribution in [0.15, 0.2) is 18.2 Å². The van der Waals surface area contributed by atoms with Gasteiger partial charge in [0.25, 0.3) is 0 Å². The van der Waals surface area contributed by atoms with Gasteiger partial charge in [-0.05, 0) is 12.1 Å². The van der Waals surface area contributed by atoms with E-state index in [0.717, 1.165) is 5.56 Å². The molecule has 5 heteroatoms. The van der Waals surface area contributed by atoms with Crippen LogP contribution < -0.4 is 4.74 Å². The van der Waals surface area contributed by atoms with Crippen molar-refractivity contribution in [2.24, 2.45) is 0 Å². The third-order valence-corrected chi connectivity index (χ3v) is 2.74. The largest absolute Gasteiger partial charge is 0.504 e. The number of alkyl halides is 1. The Bertz CT molecular complexity index is 369. The molecule has 0 aromatic heterocycles. The third kappa shape index (κ3) is 2.24. The molecule has 1 aromatic carbocycles. The number of halogens is 1. The molecule has 0 radical (unpaired) electrons. The number of ether oxygens (including phenoxy) is 3. The molecule has 1 aliphatic heterocycles. The molecule has 0 saturated carbocycles. The maximum Gasteiger partial charge on any atom is 0.184 e. The number of phenols is 1. The average Bonchev–Trinajstić information content (AvgIpc) is 2.77. The number of hydrogen-bond donors (Lipinski definition) is 1. The van der Waals surface area contributed by atoms with E-state index < -0.39 is 6.29 Å². The van der Waals surface area contributed by atoms with Gasteiger partial charge in [0, 0.05) is 5.56 Å². The molecule has 88 valence electrons. The molecule has 0 spiro atoms. The lowest BCUT2D eigenvalue weighted by Crippen LogP contribution is -2.10. The molecule has 1 heterocycles. The number of phenolic OH excluding ortho intramolecular Hbond substituents is 1. The first kappa shape index (κ1) is 11.5. The van der Waals surface area contributed by atoms with E-state index >= 15 is 0 Å². The van der Waals surface area contributed by atoms with Crippen LogP contribution in [0.25, 0.3) is 0 Å². The molecule has 2 unspecified atom stereocenters. The van der Waals surface area contributed by atoms with E-state index in [-0.39, 0.29) is 11.9 Å². The van der Waals surface area contributed by atoms with Crippen LogP contribution in [-0.2, 0) is 9.47 Å².